The highest BCUT2D eigenvalue weighted by Gasteiger charge is 2.11. The average molecular weight is 343 g/mol. The molecule has 6 nitrogen and oxygen atoms in total. The Bertz CT molecular complexity index is 783. The summed E-state index contributed by atoms with van der Waals surface area (Å²) in [4.78, 5) is 30.2. The number of nitrogens with one attached hydrogen (secondary N) is 2. The molecule has 0 aliphatic carbocycles. The number of nitrogens with zero attached hydrogens (tertiary/aromatic N) is 1. The van der Waals surface area contributed by atoms with Gasteiger partial charge in [0.2, 0.25) is 11.4 Å². The minimum atomic E-state index is -0.235. The molecule has 6 heteroatoms. The molecule has 1 atom stereocenters. The summed E-state index contributed by atoms with van der Waals surface area (Å²) in [5.74, 6) is 0.874. The molecule has 0 aliphatic heterocycles. The Balaban J connectivity index is 1.97. The third-order valence-corrected chi connectivity index (χ3v) is 3.75. The Morgan fingerprint density at radius 1 is 1.32 bits per heavy atom. The van der Waals surface area contributed by atoms with Gasteiger partial charge in [0.15, 0.2) is 0 Å². The third kappa shape index (κ3) is 5.74. The fourth-order valence-corrected chi connectivity index (χ4v) is 2.64. The zero-order valence-corrected chi connectivity index (χ0v) is 15.1. The third-order valence-electron chi connectivity index (χ3n) is 3.75. The van der Waals surface area contributed by atoms with E-state index in [1.165, 1.54) is 12.3 Å². The van der Waals surface area contributed by atoms with E-state index in [1.54, 1.807) is 13.1 Å². The van der Waals surface area contributed by atoms with Gasteiger partial charge in [-0.2, -0.15) is 0 Å². The maximum Gasteiger partial charge on any atom is 0.253 e. The van der Waals surface area contributed by atoms with Crippen LogP contribution in [0, 0.1) is 12.8 Å². The van der Waals surface area contributed by atoms with Crippen LogP contribution in [0.1, 0.15) is 48.7 Å². The van der Waals surface area contributed by atoms with Crippen LogP contribution >= 0.6 is 0 Å². The summed E-state index contributed by atoms with van der Waals surface area (Å²) in [5, 5.41) is 2.84. The summed E-state index contributed by atoms with van der Waals surface area (Å²) in [6, 6.07) is 5.07. The number of pyridine rings is 2. The Morgan fingerprint density at radius 3 is 2.76 bits per heavy atom. The SMILES string of the molecule is Cc1cc(=O)[nH]cc1C(=O)NCc1ccnc(OC(C)CC(C)C)c1. The second-order valence-corrected chi connectivity index (χ2v) is 6.64. The first-order chi connectivity index (χ1) is 11.8. The molecule has 134 valence electrons. The number of carbonyl (C=O) groups excluding carboxylic acids is 1. The topological polar surface area (TPSA) is 84.1 Å². The number of hydrogen-bond donors (Lipinski definition) is 2. The molecule has 0 aliphatic rings. The second-order valence-electron chi connectivity index (χ2n) is 6.64. The molecule has 0 aromatic carbocycles. The largest absolute Gasteiger partial charge is 0.475 e. The molecular weight excluding hydrogens is 318 g/mol. The summed E-state index contributed by atoms with van der Waals surface area (Å²) in [7, 11) is 0. The predicted molar refractivity (Wildman–Crippen MR) is 96.8 cm³/mol. The van der Waals surface area contributed by atoms with E-state index in [0.29, 0.717) is 29.5 Å². The van der Waals surface area contributed by atoms with E-state index in [9.17, 15) is 9.59 Å². The summed E-state index contributed by atoms with van der Waals surface area (Å²) in [6.07, 6.45) is 4.14. The lowest BCUT2D eigenvalue weighted by Gasteiger charge is -2.16. The molecule has 1 unspecified atom stereocenters. The first-order valence-electron chi connectivity index (χ1n) is 8.44. The standard InChI is InChI=1S/C19H25N3O3/c1-12(2)7-14(4)25-18-9-15(5-6-20-18)10-22-19(24)16-11-21-17(23)8-13(16)3/h5-6,8-9,11-12,14H,7,10H2,1-4H3,(H,21,23)(H,22,24). The van der Waals surface area contributed by atoms with Crippen molar-refractivity contribution in [1.82, 2.24) is 15.3 Å². The van der Waals surface area contributed by atoms with Crippen molar-refractivity contribution in [3.05, 3.63) is 57.6 Å². The molecule has 0 fully saturated rings. The van der Waals surface area contributed by atoms with Gasteiger partial charge in [-0.3, -0.25) is 9.59 Å². The van der Waals surface area contributed by atoms with Crippen LogP contribution in [-0.2, 0) is 6.54 Å². The van der Waals surface area contributed by atoms with E-state index in [2.05, 4.69) is 29.1 Å². The minimum absolute atomic E-state index is 0.0844. The molecule has 2 N–H and O–H groups in total. The quantitative estimate of drug-likeness (QED) is 0.810. The maximum atomic E-state index is 12.3. The van der Waals surface area contributed by atoms with Gasteiger partial charge >= 0.3 is 0 Å². The lowest BCUT2D eigenvalue weighted by molar-refractivity contribution is 0.0949. The molecular formula is C19H25N3O3. The van der Waals surface area contributed by atoms with E-state index in [1.807, 2.05) is 19.1 Å². The first kappa shape index (κ1) is 18.7. The summed E-state index contributed by atoms with van der Waals surface area (Å²) in [6.45, 7) is 8.42. The van der Waals surface area contributed by atoms with E-state index in [4.69, 9.17) is 4.74 Å². The number of aromatic nitrogens is 2. The van der Waals surface area contributed by atoms with Crippen molar-refractivity contribution in [1.29, 1.82) is 0 Å². The Morgan fingerprint density at radius 2 is 2.08 bits per heavy atom. The Labute approximate surface area is 147 Å². The van der Waals surface area contributed by atoms with Gasteiger partial charge in [0.25, 0.3) is 5.91 Å². The van der Waals surface area contributed by atoms with Gasteiger partial charge in [0, 0.05) is 31.1 Å². The van der Waals surface area contributed by atoms with Crippen LogP contribution in [0.4, 0.5) is 0 Å². The number of aryl methyl sites for hydroxylation is 1. The summed E-state index contributed by atoms with van der Waals surface area (Å²) < 4.78 is 5.83. The molecule has 0 spiro atoms. The van der Waals surface area contributed by atoms with Crippen molar-refractivity contribution < 1.29 is 9.53 Å². The molecule has 2 heterocycles. The van der Waals surface area contributed by atoms with Crippen LogP contribution in [0.2, 0.25) is 0 Å². The van der Waals surface area contributed by atoms with Gasteiger partial charge in [0.05, 0.1) is 11.7 Å². The van der Waals surface area contributed by atoms with Crippen molar-refractivity contribution in [2.45, 2.75) is 46.8 Å². The van der Waals surface area contributed by atoms with E-state index in [-0.39, 0.29) is 17.6 Å². The number of rotatable bonds is 7. The maximum absolute atomic E-state index is 12.3. The first-order valence-corrected chi connectivity index (χ1v) is 8.44. The highest BCUT2D eigenvalue weighted by atomic mass is 16.5. The lowest BCUT2D eigenvalue weighted by atomic mass is 10.1. The van der Waals surface area contributed by atoms with Crippen molar-refractivity contribution >= 4 is 5.91 Å². The highest BCUT2D eigenvalue weighted by molar-refractivity contribution is 5.95. The molecule has 0 saturated heterocycles. The fourth-order valence-electron chi connectivity index (χ4n) is 2.64. The Kier molecular flexibility index (Phi) is 6.33. The molecule has 25 heavy (non-hydrogen) atoms. The fraction of sp³-hybridized carbons (Fsp3) is 0.421. The van der Waals surface area contributed by atoms with Gasteiger partial charge in [-0.1, -0.05) is 13.8 Å². The van der Waals surface area contributed by atoms with Crippen LogP contribution in [0.25, 0.3) is 0 Å². The predicted octanol–water partition coefficient (Wildman–Crippen LogP) is 2.82. The van der Waals surface area contributed by atoms with Crippen LogP contribution < -0.4 is 15.6 Å². The van der Waals surface area contributed by atoms with Crippen LogP contribution in [0.5, 0.6) is 5.88 Å². The lowest BCUT2D eigenvalue weighted by Crippen LogP contribution is -2.25. The van der Waals surface area contributed by atoms with Crippen molar-refractivity contribution in [2.75, 3.05) is 0 Å². The highest BCUT2D eigenvalue weighted by Crippen LogP contribution is 2.15. The number of aromatic amines is 1. The van der Waals surface area contributed by atoms with Crippen LogP contribution in [0.15, 0.2) is 35.4 Å². The van der Waals surface area contributed by atoms with Gasteiger partial charge in [0.1, 0.15) is 0 Å². The zero-order valence-electron chi connectivity index (χ0n) is 15.1. The number of H-pyrrole nitrogens is 1. The molecule has 1 amide bonds. The minimum Gasteiger partial charge on any atom is -0.475 e. The van der Waals surface area contributed by atoms with Gasteiger partial charge in [-0.05, 0) is 43.4 Å². The molecule has 0 bridgehead atoms. The summed E-state index contributed by atoms with van der Waals surface area (Å²) in [5.41, 5.74) is 1.77. The Hall–Kier alpha value is -2.63. The normalized spacial score (nSPS) is 12.0. The van der Waals surface area contributed by atoms with Crippen LogP contribution in [-0.4, -0.2) is 22.0 Å². The van der Waals surface area contributed by atoms with Crippen molar-refractivity contribution in [3.63, 3.8) is 0 Å². The molecule has 0 saturated carbocycles. The number of carbonyl (C=O) groups is 1. The van der Waals surface area contributed by atoms with E-state index < -0.39 is 0 Å². The van der Waals surface area contributed by atoms with Gasteiger partial charge in [-0.15, -0.1) is 0 Å². The molecule has 2 rings (SSSR count). The van der Waals surface area contributed by atoms with Crippen molar-refractivity contribution in [2.24, 2.45) is 5.92 Å². The van der Waals surface area contributed by atoms with Gasteiger partial charge < -0.3 is 15.0 Å². The van der Waals surface area contributed by atoms with Crippen molar-refractivity contribution in [3.8, 4) is 5.88 Å². The van der Waals surface area contributed by atoms with E-state index >= 15 is 0 Å². The van der Waals surface area contributed by atoms with E-state index in [0.717, 1.165) is 12.0 Å². The van der Waals surface area contributed by atoms with Gasteiger partial charge in [-0.25, -0.2) is 4.98 Å². The second kappa shape index (κ2) is 8.46. The summed E-state index contributed by atoms with van der Waals surface area (Å²) >= 11 is 0. The number of hydrogen-bond acceptors (Lipinski definition) is 4. The molecule has 0 radical (unpaired) electrons. The zero-order chi connectivity index (χ0) is 18.4. The molecule has 2 aromatic rings. The molecule has 2 aromatic heterocycles. The number of ether oxygens (including phenoxy) is 1. The number of amides is 1. The monoisotopic (exact) mass is 343 g/mol. The average Bonchev–Trinajstić information content (AvgIpc) is 2.52. The smallest absolute Gasteiger partial charge is 0.253 e. The van der Waals surface area contributed by atoms with Crippen LogP contribution in [0.3, 0.4) is 0 Å².